The van der Waals surface area contributed by atoms with Crippen LogP contribution in [-0.4, -0.2) is 6.18 Å². The van der Waals surface area contributed by atoms with Crippen molar-refractivity contribution in [3.63, 3.8) is 0 Å². The molecule has 1 rings (SSSR count). The topological polar surface area (TPSA) is 26.0 Å². The summed E-state index contributed by atoms with van der Waals surface area (Å²) in [7, 11) is 0. The van der Waals surface area contributed by atoms with Gasteiger partial charge in [-0.25, -0.2) is 8.78 Å². The standard InChI is InChI=1S/C10H9ClF5N.ClH/c11-9-6(13)2-1-5(12)8(9)7(17)3-4-10(14,15)16;/h1-2,7H,3-4,17H2;1H/t7-;/m0./s1. The van der Waals surface area contributed by atoms with Crippen LogP contribution in [0.15, 0.2) is 12.1 Å². The van der Waals surface area contributed by atoms with Gasteiger partial charge >= 0.3 is 6.18 Å². The van der Waals surface area contributed by atoms with Gasteiger partial charge in [0.1, 0.15) is 11.6 Å². The molecule has 0 radical (unpaired) electrons. The van der Waals surface area contributed by atoms with Gasteiger partial charge in [0.15, 0.2) is 0 Å². The first-order valence-corrected chi connectivity index (χ1v) is 5.06. The maximum absolute atomic E-state index is 13.3. The van der Waals surface area contributed by atoms with Crippen molar-refractivity contribution in [2.75, 3.05) is 0 Å². The Labute approximate surface area is 112 Å². The molecule has 0 bridgehead atoms. The van der Waals surface area contributed by atoms with Gasteiger partial charge in [-0.2, -0.15) is 13.2 Å². The van der Waals surface area contributed by atoms with Crippen molar-refractivity contribution in [1.29, 1.82) is 0 Å². The SMILES string of the molecule is Cl.N[C@@H](CCC(F)(F)F)c1c(F)ccc(F)c1Cl. The molecule has 0 fully saturated rings. The fraction of sp³-hybridized carbons (Fsp3) is 0.400. The van der Waals surface area contributed by atoms with E-state index in [1.54, 1.807) is 0 Å². The highest BCUT2D eigenvalue weighted by Crippen LogP contribution is 2.32. The van der Waals surface area contributed by atoms with Crippen LogP contribution < -0.4 is 5.73 Å². The molecule has 0 amide bonds. The Balaban J connectivity index is 0.00000289. The van der Waals surface area contributed by atoms with Gasteiger partial charge in [-0.05, 0) is 18.6 Å². The minimum Gasteiger partial charge on any atom is -0.324 e. The number of nitrogens with two attached hydrogens (primary N) is 1. The molecule has 0 aliphatic heterocycles. The maximum atomic E-state index is 13.3. The van der Waals surface area contributed by atoms with Crippen LogP contribution in [0, 0.1) is 11.6 Å². The molecule has 104 valence electrons. The van der Waals surface area contributed by atoms with E-state index in [1.165, 1.54) is 0 Å². The molecule has 2 N–H and O–H groups in total. The van der Waals surface area contributed by atoms with E-state index in [0.717, 1.165) is 12.1 Å². The molecule has 8 heteroatoms. The van der Waals surface area contributed by atoms with Crippen LogP contribution in [-0.2, 0) is 0 Å². The van der Waals surface area contributed by atoms with Gasteiger partial charge in [0.2, 0.25) is 0 Å². The van der Waals surface area contributed by atoms with Gasteiger partial charge in [-0.1, -0.05) is 11.6 Å². The van der Waals surface area contributed by atoms with Gasteiger partial charge in [0.25, 0.3) is 0 Å². The average molecular weight is 310 g/mol. The lowest BCUT2D eigenvalue weighted by Crippen LogP contribution is -2.17. The van der Waals surface area contributed by atoms with Crippen LogP contribution in [0.2, 0.25) is 5.02 Å². The summed E-state index contributed by atoms with van der Waals surface area (Å²) in [6.07, 6.45) is -6.13. The zero-order chi connectivity index (χ0) is 13.2. The van der Waals surface area contributed by atoms with Crippen molar-refractivity contribution in [2.45, 2.75) is 25.1 Å². The molecular formula is C10H10Cl2F5N. The molecule has 0 unspecified atom stereocenters. The average Bonchev–Trinajstić information content (AvgIpc) is 2.20. The third kappa shape index (κ3) is 4.59. The lowest BCUT2D eigenvalue weighted by Gasteiger charge is -2.16. The molecule has 0 spiro atoms. The summed E-state index contributed by atoms with van der Waals surface area (Å²) in [6.45, 7) is 0. The molecule has 0 saturated carbocycles. The largest absolute Gasteiger partial charge is 0.389 e. The van der Waals surface area contributed by atoms with E-state index in [1.807, 2.05) is 0 Å². The summed E-state index contributed by atoms with van der Waals surface area (Å²) < 4.78 is 62.2. The van der Waals surface area contributed by atoms with E-state index in [2.05, 4.69) is 0 Å². The molecule has 0 aliphatic rings. The van der Waals surface area contributed by atoms with E-state index in [9.17, 15) is 22.0 Å². The predicted octanol–water partition coefficient (Wildman–Crippen LogP) is 4.38. The van der Waals surface area contributed by atoms with Crippen molar-refractivity contribution in [3.05, 3.63) is 34.4 Å². The Morgan fingerprint density at radius 1 is 1.17 bits per heavy atom. The fourth-order valence-electron chi connectivity index (χ4n) is 1.35. The molecule has 0 heterocycles. The predicted molar refractivity (Wildman–Crippen MR) is 60.8 cm³/mol. The molecule has 0 aromatic heterocycles. The van der Waals surface area contributed by atoms with Crippen molar-refractivity contribution in [3.8, 4) is 0 Å². The summed E-state index contributed by atoms with van der Waals surface area (Å²) >= 11 is 5.47. The van der Waals surface area contributed by atoms with Crippen molar-refractivity contribution in [1.82, 2.24) is 0 Å². The minimum atomic E-state index is -4.39. The van der Waals surface area contributed by atoms with Gasteiger partial charge in [0, 0.05) is 18.0 Å². The van der Waals surface area contributed by atoms with E-state index < -0.39 is 47.3 Å². The summed E-state index contributed by atoms with van der Waals surface area (Å²) in [6, 6.07) is 0.279. The van der Waals surface area contributed by atoms with Crippen molar-refractivity contribution < 1.29 is 22.0 Å². The lowest BCUT2D eigenvalue weighted by molar-refractivity contribution is -0.136. The van der Waals surface area contributed by atoms with Crippen LogP contribution in [0.1, 0.15) is 24.4 Å². The summed E-state index contributed by atoms with van der Waals surface area (Å²) in [5, 5.41) is -0.570. The van der Waals surface area contributed by atoms with E-state index >= 15 is 0 Å². The zero-order valence-corrected chi connectivity index (χ0v) is 10.5. The first kappa shape index (κ1) is 17.4. The molecule has 1 aromatic carbocycles. The normalized spacial score (nSPS) is 13.1. The molecule has 1 nitrogen and oxygen atoms in total. The first-order valence-electron chi connectivity index (χ1n) is 4.68. The fourth-order valence-corrected chi connectivity index (χ4v) is 1.64. The number of hydrogen-bond donors (Lipinski definition) is 1. The van der Waals surface area contributed by atoms with Gasteiger partial charge in [-0.3, -0.25) is 0 Å². The molecule has 1 atom stereocenters. The van der Waals surface area contributed by atoms with Crippen LogP contribution in [0.25, 0.3) is 0 Å². The second kappa shape index (κ2) is 6.54. The van der Waals surface area contributed by atoms with E-state index in [-0.39, 0.29) is 12.4 Å². The third-order valence-corrected chi connectivity index (χ3v) is 2.57. The van der Waals surface area contributed by atoms with E-state index in [4.69, 9.17) is 17.3 Å². The Morgan fingerprint density at radius 3 is 2.17 bits per heavy atom. The third-order valence-electron chi connectivity index (χ3n) is 2.19. The van der Waals surface area contributed by atoms with Gasteiger partial charge in [-0.15, -0.1) is 12.4 Å². The molecular weight excluding hydrogens is 300 g/mol. The highest BCUT2D eigenvalue weighted by Gasteiger charge is 2.29. The van der Waals surface area contributed by atoms with Crippen LogP contribution in [0.3, 0.4) is 0 Å². The number of rotatable bonds is 3. The van der Waals surface area contributed by atoms with E-state index in [0.29, 0.717) is 0 Å². The van der Waals surface area contributed by atoms with Crippen LogP contribution >= 0.6 is 24.0 Å². The Kier molecular flexibility index (Phi) is 6.33. The number of benzene rings is 1. The molecule has 1 aromatic rings. The summed E-state index contributed by atoms with van der Waals surface area (Å²) in [5.74, 6) is -1.82. The monoisotopic (exact) mass is 309 g/mol. The summed E-state index contributed by atoms with van der Waals surface area (Å²) in [5.41, 5.74) is 4.96. The number of halogens is 7. The summed E-state index contributed by atoms with van der Waals surface area (Å²) in [4.78, 5) is 0. The Morgan fingerprint density at radius 2 is 1.67 bits per heavy atom. The van der Waals surface area contributed by atoms with Gasteiger partial charge < -0.3 is 5.73 Å². The van der Waals surface area contributed by atoms with Gasteiger partial charge in [0.05, 0.1) is 5.02 Å². The second-order valence-corrected chi connectivity index (χ2v) is 3.90. The first-order chi connectivity index (χ1) is 7.72. The lowest BCUT2D eigenvalue weighted by atomic mass is 10.0. The zero-order valence-electron chi connectivity index (χ0n) is 8.90. The minimum absolute atomic E-state index is 0. The van der Waals surface area contributed by atoms with Crippen LogP contribution in [0.5, 0.6) is 0 Å². The molecule has 18 heavy (non-hydrogen) atoms. The number of hydrogen-bond acceptors (Lipinski definition) is 1. The quantitative estimate of drug-likeness (QED) is 0.650. The maximum Gasteiger partial charge on any atom is 0.389 e. The van der Waals surface area contributed by atoms with Crippen LogP contribution in [0.4, 0.5) is 22.0 Å². The Bertz CT molecular complexity index is 408. The van der Waals surface area contributed by atoms with Crippen molar-refractivity contribution in [2.24, 2.45) is 5.73 Å². The Hall–Kier alpha value is -0.590. The molecule has 0 saturated heterocycles. The number of alkyl halides is 3. The smallest absolute Gasteiger partial charge is 0.324 e. The molecule has 0 aliphatic carbocycles. The highest BCUT2D eigenvalue weighted by molar-refractivity contribution is 6.31. The second-order valence-electron chi connectivity index (χ2n) is 3.52. The highest BCUT2D eigenvalue weighted by atomic mass is 35.5. The van der Waals surface area contributed by atoms with Crippen molar-refractivity contribution >= 4 is 24.0 Å².